The van der Waals surface area contributed by atoms with Gasteiger partial charge in [-0.2, -0.15) is 0 Å². The summed E-state index contributed by atoms with van der Waals surface area (Å²) in [7, 11) is 1.63. The topological polar surface area (TPSA) is 72.5 Å². The molecule has 0 aliphatic carbocycles. The van der Waals surface area contributed by atoms with Crippen LogP contribution in [0.2, 0.25) is 0 Å². The lowest BCUT2D eigenvalue weighted by Crippen LogP contribution is -2.40. The predicted octanol–water partition coefficient (Wildman–Crippen LogP) is 0.856. The molecule has 0 atom stereocenters. The van der Waals surface area contributed by atoms with E-state index < -0.39 is 6.16 Å². The summed E-state index contributed by atoms with van der Waals surface area (Å²) in [6.07, 6.45) is -0.612. The third-order valence-electron chi connectivity index (χ3n) is 2.70. The molecule has 1 saturated heterocycles. The number of hydrogen-bond donors (Lipinski definition) is 0. The molecule has 20 heavy (non-hydrogen) atoms. The molecular weight excluding hydrogens is 268 g/mol. The second-order valence-corrected chi connectivity index (χ2v) is 4.91. The van der Waals surface area contributed by atoms with E-state index >= 15 is 0 Å². The average Bonchev–Trinajstić information content (AvgIpc) is 2.45. The highest BCUT2D eigenvalue weighted by Crippen LogP contribution is 2.22. The summed E-state index contributed by atoms with van der Waals surface area (Å²) < 4.78 is 30.6. The zero-order valence-corrected chi connectivity index (χ0v) is 12.2. The van der Waals surface area contributed by atoms with Crippen LogP contribution in [0.3, 0.4) is 0 Å². The fourth-order valence-electron chi connectivity index (χ4n) is 1.53. The molecule has 0 aromatic carbocycles. The van der Waals surface area contributed by atoms with E-state index in [1.807, 2.05) is 6.92 Å². The highest BCUT2D eigenvalue weighted by molar-refractivity contribution is 5.60. The number of ether oxygens (including phenoxy) is 6. The molecule has 7 nitrogen and oxygen atoms in total. The Morgan fingerprint density at radius 2 is 1.45 bits per heavy atom. The van der Waals surface area contributed by atoms with Crippen molar-refractivity contribution in [3.05, 3.63) is 0 Å². The monoisotopic (exact) mass is 292 g/mol. The van der Waals surface area contributed by atoms with E-state index in [0.717, 1.165) is 0 Å². The molecule has 0 spiro atoms. The molecule has 118 valence electrons. The Hall–Kier alpha value is -0.890. The molecule has 0 unspecified atom stereocenters. The molecule has 1 fully saturated rings. The smallest absolute Gasteiger partial charge is 0.433 e. The van der Waals surface area contributed by atoms with E-state index in [-0.39, 0.29) is 5.41 Å². The number of rotatable bonds is 11. The summed E-state index contributed by atoms with van der Waals surface area (Å²) in [6.45, 7) is 6.29. The third-order valence-corrected chi connectivity index (χ3v) is 2.70. The molecule has 0 bridgehead atoms. The van der Waals surface area contributed by atoms with Gasteiger partial charge in [-0.25, -0.2) is 4.79 Å². The summed E-state index contributed by atoms with van der Waals surface area (Å²) in [5, 5.41) is 0. The molecule has 1 aliphatic heterocycles. The first-order chi connectivity index (χ1) is 9.66. The molecule has 0 N–H and O–H groups in total. The van der Waals surface area contributed by atoms with Crippen LogP contribution in [0, 0.1) is 5.41 Å². The van der Waals surface area contributed by atoms with E-state index in [1.54, 1.807) is 7.11 Å². The van der Waals surface area contributed by atoms with Crippen LogP contribution in [0.15, 0.2) is 0 Å². The van der Waals surface area contributed by atoms with Gasteiger partial charge in [0.15, 0.2) is 0 Å². The van der Waals surface area contributed by atoms with Gasteiger partial charge >= 0.3 is 6.16 Å². The molecular formula is C13H24O7. The van der Waals surface area contributed by atoms with E-state index in [1.165, 1.54) is 0 Å². The van der Waals surface area contributed by atoms with Crippen molar-refractivity contribution < 1.29 is 33.2 Å². The van der Waals surface area contributed by atoms with Crippen LogP contribution >= 0.6 is 0 Å². The van der Waals surface area contributed by atoms with Crippen molar-refractivity contribution in [1.82, 2.24) is 0 Å². The van der Waals surface area contributed by atoms with Gasteiger partial charge in [0.2, 0.25) is 0 Å². The largest absolute Gasteiger partial charge is 0.508 e. The summed E-state index contributed by atoms with van der Waals surface area (Å²) in [6, 6.07) is 0. The van der Waals surface area contributed by atoms with E-state index in [4.69, 9.17) is 28.4 Å². The molecule has 7 heteroatoms. The fourth-order valence-corrected chi connectivity index (χ4v) is 1.53. The minimum Gasteiger partial charge on any atom is -0.433 e. The zero-order chi connectivity index (χ0) is 14.7. The Labute approximate surface area is 119 Å². The van der Waals surface area contributed by atoms with Crippen LogP contribution in [0.1, 0.15) is 6.92 Å². The Kier molecular flexibility index (Phi) is 8.52. The lowest BCUT2D eigenvalue weighted by atomic mass is 9.94. The van der Waals surface area contributed by atoms with Crippen LogP contribution in [0.5, 0.6) is 0 Å². The second kappa shape index (κ2) is 9.93. The van der Waals surface area contributed by atoms with Gasteiger partial charge < -0.3 is 28.4 Å². The highest BCUT2D eigenvalue weighted by Gasteiger charge is 2.33. The number of carbonyl (C=O) groups excluding carboxylic acids is 1. The minimum absolute atomic E-state index is 0.281. The summed E-state index contributed by atoms with van der Waals surface area (Å²) in [4.78, 5) is 10.8. The van der Waals surface area contributed by atoms with Gasteiger partial charge in [-0.3, -0.25) is 0 Å². The Morgan fingerprint density at radius 1 is 0.950 bits per heavy atom. The van der Waals surface area contributed by atoms with Crippen molar-refractivity contribution in [2.45, 2.75) is 6.92 Å². The molecule has 1 heterocycles. The van der Waals surface area contributed by atoms with Crippen LogP contribution in [0.4, 0.5) is 4.79 Å². The number of methoxy groups -OCH3 is 1. The highest BCUT2D eigenvalue weighted by atomic mass is 16.7. The molecule has 0 aromatic rings. The minimum atomic E-state index is -0.612. The molecule has 0 radical (unpaired) electrons. The standard InChI is InChI=1S/C13H24O7/c1-13(10-19-12(14)20-11-13)9-18-8-7-17-6-5-16-4-3-15-2/h3-11H2,1-2H3. The summed E-state index contributed by atoms with van der Waals surface area (Å²) in [5.41, 5.74) is -0.281. The predicted molar refractivity (Wildman–Crippen MR) is 69.7 cm³/mol. The fraction of sp³-hybridized carbons (Fsp3) is 0.923. The average molecular weight is 292 g/mol. The van der Waals surface area contributed by atoms with Gasteiger partial charge in [-0.15, -0.1) is 0 Å². The Bertz CT molecular complexity index is 259. The van der Waals surface area contributed by atoms with Crippen LogP contribution < -0.4 is 0 Å². The maximum absolute atomic E-state index is 10.8. The Morgan fingerprint density at radius 3 is 2.00 bits per heavy atom. The first-order valence-corrected chi connectivity index (χ1v) is 6.68. The van der Waals surface area contributed by atoms with E-state index in [9.17, 15) is 4.79 Å². The number of hydrogen-bond acceptors (Lipinski definition) is 7. The maximum atomic E-state index is 10.8. The maximum Gasteiger partial charge on any atom is 0.508 e. The SMILES string of the molecule is COCCOCCOCCOCC1(C)COC(=O)OC1. The van der Waals surface area contributed by atoms with Crippen molar-refractivity contribution >= 4 is 6.16 Å². The third kappa shape index (κ3) is 7.64. The van der Waals surface area contributed by atoms with Crippen molar-refractivity contribution in [1.29, 1.82) is 0 Å². The first-order valence-electron chi connectivity index (χ1n) is 6.68. The normalized spacial score (nSPS) is 17.6. The van der Waals surface area contributed by atoms with Crippen molar-refractivity contribution in [2.24, 2.45) is 5.41 Å². The van der Waals surface area contributed by atoms with Crippen molar-refractivity contribution in [3.8, 4) is 0 Å². The van der Waals surface area contributed by atoms with Gasteiger partial charge in [0.05, 0.1) is 51.7 Å². The lowest BCUT2D eigenvalue weighted by molar-refractivity contribution is -0.0907. The van der Waals surface area contributed by atoms with E-state index in [2.05, 4.69) is 0 Å². The van der Waals surface area contributed by atoms with Gasteiger partial charge in [-0.05, 0) is 0 Å². The number of cyclic esters (lactones) is 2. The van der Waals surface area contributed by atoms with Crippen molar-refractivity contribution in [2.75, 3.05) is 66.6 Å². The van der Waals surface area contributed by atoms with Crippen molar-refractivity contribution in [3.63, 3.8) is 0 Å². The van der Waals surface area contributed by atoms with Crippen LogP contribution in [0.25, 0.3) is 0 Å². The van der Waals surface area contributed by atoms with Crippen LogP contribution in [-0.2, 0) is 28.4 Å². The molecule has 0 aromatic heterocycles. The lowest BCUT2D eigenvalue weighted by Gasteiger charge is -2.31. The van der Waals surface area contributed by atoms with Gasteiger partial charge in [0.1, 0.15) is 13.2 Å². The number of carbonyl (C=O) groups is 1. The summed E-state index contributed by atoms with van der Waals surface area (Å²) in [5.74, 6) is 0. The molecule has 1 aliphatic rings. The quantitative estimate of drug-likeness (QED) is 0.413. The summed E-state index contributed by atoms with van der Waals surface area (Å²) >= 11 is 0. The van der Waals surface area contributed by atoms with Gasteiger partial charge in [-0.1, -0.05) is 6.92 Å². The molecule has 1 rings (SSSR count). The van der Waals surface area contributed by atoms with Gasteiger partial charge in [0.25, 0.3) is 0 Å². The second-order valence-electron chi connectivity index (χ2n) is 4.91. The van der Waals surface area contributed by atoms with E-state index in [0.29, 0.717) is 59.5 Å². The first kappa shape index (κ1) is 17.2. The Balaban J connectivity index is 1.88. The van der Waals surface area contributed by atoms with Gasteiger partial charge in [0, 0.05) is 7.11 Å². The van der Waals surface area contributed by atoms with Crippen LogP contribution in [-0.4, -0.2) is 72.7 Å². The molecule has 0 amide bonds. The zero-order valence-electron chi connectivity index (χ0n) is 12.2. The molecule has 0 saturated carbocycles.